The minimum absolute atomic E-state index is 0. The van der Waals surface area contributed by atoms with Crippen molar-refractivity contribution >= 4 is 29.9 Å². The first kappa shape index (κ1) is 19.0. The Labute approximate surface area is 149 Å². The number of nitrogens with zero attached hydrogens (tertiary/aromatic N) is 2. The third-order valence-corrected chi connectivity index (χ3v) is 3.57. The zero-order chi connectivity index (χ0) is 15.1. The van der Waals surface area contributed by atoms with E-state index in [1.165, 1.54) is 11.1 Å². The molecule has 2 rings (SSSR count). The fourth-order valence-corrected chi connectivity index (χ4v) is 2.35. The molecule has 0 saturated carbocycles. The average molecular weight is 419 g/mol. The highest BCUT2D eigenvalue weighted by Gasteiger charge is 2.11. The molecule has 1 aliphatic heterocycles. The molecule has 1 fully saturated rings. The fraction of sp³-hybridized carbons (Fsp3) is 0.562. The molecule has 5 nitrogen and oxygen atoms in total. The minimum atomic E-state index is 0. The highest BCUT2D eigenvalue weighted by atomic mass is 127. The molecule has 22 heavy (non-hydrogen) atoms. The SMILES string of the molecule is Cc1cccc(C)c1OCCCN=C(N)N1CCOCC1.I. The Hall–Kier alpha value is -1.02. The molecular weight excluding hydrogens is 393 g/mol. The molecule has 0 spiro atoms. The molecule has 0 aliphatic carbocycles. The van der Waals surface area contributed by atoms with Gasteiger partial charge in [-0.25, -0.2) is 0 Å². The third kappa shape index (κ3) is 5.64. The molecule has 0 bridgehead atoms. The van der Waals surface area contributed by atoms with Crippen LogP contribution in [0.25, 0.3) is 0 Å². The summed E-state index contributed by atoms with van der Waals surface area (Å²) in [4.78, 5) is 6.47. The van der Waals surface area contributed by atoms with Gasteiger partial charge >= 0.3 is 0 Å². The predicted octanol–water partition coefficient (Wildman–Crippen LogP) is 2.34. The van der Waals surface area contributed by atoms with Crippen LogP contribution in [0.15, 0.2) is 23.2 Å². The van der Waals surface area contributed by atoms with Crippen LogP contribution in [-0.4, -0.2) is 50.3 Å². The first-order valence-corrected chi connectivity index (χ1v) is 7.50. The van der Waals surface area contributed by atoms with Crippen molar-refractivity contribution < 1.29 is 9.47 Å². The van der Waals surface area contributed by atoms with Crippen molar-refractivity contribution in [2.24, 2.45) is 10.7 Å². The summed E-state index contributed by atoms with van der Waals surface area (Å²) in [5.41, 5.74) is 8.31. The number of ether oxygens (including phenoxy) is 2. The van der Waals surface area contributed by atoms with Crippen LogP contribution in [0.5, 0.6) is 5.75 Å². The summed E-state index contributed by atoms with van der Waals surface area (Å²) in [5, 5.41) is 0. The number of halogens is 1. The number of guanidine groups is 1. The maximum Gasteiger partial charge on any atom is 0.191 e. The van der Waals surface area contributed by atoms with Gasteiger partial charge in [0.15, 0.2) is 5.96 Å². The van der Waals surface area contributed by atoms with E-state index in [1.54, 1.807) is 0 Å². The Balaban J connectivity index is 0.00000242. The van der Waals surface area contributed by atoms with E-state index in [1.807, 2.05) is 6.07 Å². The van der Waals surface area contributed by atoms with Gasteiger partial charge in [-0.2, -0.15) is 0 Å². The van der Waals surface area contributed by atoms with Gasteiger partial charge in [0.2, 0.25) is 0 Å². The third-order valence-electron chi connectivity index (χ3n) is 3.57. The maximum absolute atomic E-state index is 5.97. The van der Waals surface area contributed by atoms with Crippen LogP contribution < -0.4 is 10.5 Å². The van der Waals surface area contributed by atoms with E-state index in [2.05, 4.69) is 35.9 Å². The Kier molecular flexibility index (Phi) is 8.55. The van der Waals surface area contributed by atoms with E-state index in [4.69, 9.17) is 15.2 Å². The summed E-state index contributed by atoms with van der Waals surface area (Å²) >= 11 is 0. The van der Waals surface area contributed by atoms with E-state index < -0.39 is 0 Å². The van der Waals surface area contributed by atoms with Crippen molar-refractivity contribution in [1.29, 1.82) is 0 Å². The van der Waals surface area contributed by atoms with Gasteiger partial charge in [-0.05, 0) is 25.0 Å². The van der Waals surface area contributed by atoms with Crippen molar-refractivity contribution in [2.45, 2.75) is 20.3 Å². The molecule has 1 aliphatic rings. The van der Waals surface area contributed by atoms with Gasteiger partial charge < -0.3 is 20.1 Å². The minimum Gasteiger partial charge on any atom is -0.493 e. The van der Waals surface area contributed by atoms with E-state index in [0.717, 1.165) is 38.5 Å². The number of nitrogens with two attached hydrogens (primary N) is 1. The molecule has 0 unspecified atom stereocenters. The van der Waals surface area contributed by atoms with Crippen molar-refractivity contribution in [1.82, 2.24) is 4.90 Å². The number of benzene rings is 1. The number of rotatable bonds is 5. The van der Waals surface area contributed by atoms with E-state index in [9.17, 15) is 0 Å². The van der Waals surface area contributed by atoms with Gasteiger partial charge in [-0.3, -0.25) is 4.99 Å². The standard InChI is InChI=1S/C16H25N3O2.HI/c1-13-5-3-6-14(2)15(13)21-10-4-7-18-16(17)19-8-11-20-12-9-19;/h3,5-6H,4,7-12H2,1-2H3,(H2,17,18);1H. The molecular formula is C16H26IN3O2. The predicted molar refractivity (Wildman–Crippen MR) is 100 cm³/mol. The molecule has 0 atom stereocenters. The Morgan fingerprint density at radius 1 is 1.27 bits per heavy atom. The van der Waals surface area contributed by atoms with Crippen LogP contribution in [0.2, 0.25) is 0 Å². The average Bonchev–Trinajstić information content (AvgIpc) is 2.50. The maximum atomic E-state index is 5.97. The molecule has 0 radical (unpaired) electrons. The Morgan fingerprint density at radius 3 is 2.55 bits per heavy atom. The summed E-state index contributed by atoms with van der Waals surface area (Å²) < 4.78 is 11.1. The quantitative estimate of drug-likeness (QED) is 0.345. The van der Waals surface area contributed by atoms with Crippen LogP contribution in [-0.2, 0) is 4.74 Å². The largest absolute Gasteiger partial charge is 0.493 e. The Bertz CT molecular complexity index is 468. The van der Waals surface area contributed by atoms with Crippen molar-refractivity contribution in [3.05, 3.63) is 29.3 Å². The lowest BCUT2D eigenvalue weighted by atomic mass is 10.1. The molecule has 1 aromatic rings. The lowest BCUT2D eigenvalue weighted by molar-refractivity contribution is 0.0674. The van der Waals surface area contributed by atoms with Crippen LogP contribution in [0.4, 0.5) is 0 Å². The van der Waals surface area contributed by atoms with E-state index in [-0.39, 0.29) is 24.0 Å². The molecule has 2 N–H and O–H groups in total. The molecule has 1 heterocycles. The molecule has 124 valence electrons. The zero-order valence-electron chi connectivity index (χ0n) is 13.4. The van der Waals surface area contributed by atoms with Gasteiger partial charge in [0, 0.05) is 26.1 Å². The summed E-state index contributed by atoms with van der Waals surface area (Å²) in [7, 11) is 0. The number of hydrogen-bond donors (Lipinski definition) is 1. The second-order valence-corrected chi connectivity index (χ2v) is 5.26. The molecule has 0 aromatic heterocycles. The summed E-state index contributed by atoms with van der Waals surface area (Å²) in [6.07, 6.45) is 0.860. The smallest absolute Gasteiger partial charge is 0.191 e. The van der Waals surface area contributed by atoms with E-state index >= 15 is 0 Å². The first-order valence-electron chi connectivity index (χ1n) is 7.50. The number of hydrogen-bond acceptors (Lipinski definition) is 3. The topological polar surface area (TPSA) is 60.1 Å². The monoisotopic (exact) mass is 419 g/mol. The van der Waals surface area contributed by atoms with Crippen LogP contribution in [0.1, 0.15) is 17.5 Å². The number of aryl methyl sites for hydroxylation is 2. The van der Waals surface area contributed by atoms with Gasteiger partial charge in [0.1, 0.15) is 5.75 Å². The molecule has 0 amide bonds. The second kappa shape index (κ2) is 9.89. The van der Waals surface area contributed by atoms with E-state index in [0.29, 0.717) is 19.1 Å². The normalized spacial score (nSPS) is 15.4. The summed E-state index contributed by atoms with van der Waals surface area (Å²) in [5.74, 6) is 1.60. The molecule has 1 aromatic carbocycles. The first-order chi connectivity index (χ1) is 10.2. The van der Waals surface area contributed by atoms with Crippen LogP contribution >= 0.6 is 24.0 Å². The van der Waals surface area contributed by atoms with Crippen LogP contribution in [0, 0.1) is 13.8 Å². The van der Waals surface area contributed by atoms with Crippen LogP contribution in [0.3, 0.4) is 0 Å². The lowest BCUT2D eigenvalue weighted by Crippen LogP contribution is -2.44. The molecule has 6 heteroatoms. The second-order valence-electron chi connectivity index (χ2n) is 5.26. The van der Waals surface area contributed by atoms with Crippen molar-refractivity contribution in [2.75, 3.05) is 39.5 Å². The summed E-state index contributed by atoms with van der Waals surface area (Å²) in [6, 6.07) is 6.18. The number of para-hydroxylation sites is 1. The van der Waals surface area contributed by atoms with Gasteiger partial charge in [-0.1, -0.05) is 18.2 Å². The highest BCUT2D eigenvalue weighted by Crippen LogP contribution is 2.22. The van der Waals surface area contributed by atoms with Gasteiger partial charge in [-0.15, -0.1) is 24.0 Å². The number of aliphatic imine (C=N–C) groups is 1. The number of morpholine rings is 1. The fourth-order valence-electron chi connectivity index (χ4n) is 2.35. The van der Waals surface area contributed by atoms with Crippen molar-refractivity contribution in [3.63, 3.8) is 0 Å². The zero-order valence-corrected chi connectivity index (χ0v) is 15.7. The highest BCUT2D eigenvalue weighted by molar-refractivity contribution is 14.0. The summed E-state index contributed by atoms with van der Waals surface area (Å²) in [6.45, 7) is 8.59. The van der Waals surface area contributed by atoms with Gasteiger partial charge in [0.05, 0.1) is 19.8 Å². The van der Waals surface area contributed by atoms with Gasteiger partial charge in [0.25, 0.3) is 0 Å². The van der Waals surface area contributed by atoms with Crippen molar-refractivity contribution in [3.8, 4) is 5.75 Å². The lowest BCUT2D eigenvalue weighted by Gasteiger charge is -2.27. The Morgan fingerprint density at radius 2 is 1.91 bits per heavy atom. The molecule has 1 saturated heterocycles.